The Kier molecular flexibility index (Phi) is 5.59. The molecule has 0 amide bonds. The van der Waals surface area contributed by atoms with E-state index in [1.165, 1.54) is 6.92 Å². The van der Waals surface area contributed by atoms with E-state index in [9.17, 15) is 35.5 Å². The maximum atomic E-state index is 12.9. The van der Waals surface area contributed by atoms with Crippen LogP contribution >= 0.6 is 0 Å². The maximum absolute atomic E-state index is 12.9. The molecule has 0 aliphatic carbocycles. The molecule has 2 aromatic rings. The van der Waals surface area contributed by atoms with Gasteiger partial charge in [-0.25, -0.2) is 13.4 Å². The molecule has 27 heavy (non-hydrogen) atoms. The summed E-state index contributed by atoms with van der Waals surface area (Å²) in [5.74, 6) is -6.08. The minimum atomic E-state index is -5.75. The highest BCUT2D eigenvalue weighted by Crippen LogP contribution is 2.36. The molecule has 0 saturated carbocycles. The van der Waals surface area contributed by atoms with Crippen molar-refractivity contribution in [3.63, 3.8) is 0 Å². The largest absolute Gasteiger partial charge is 0.506 e. The summed E-state index contributed by atoms with van der Waals surface area (Å²) in [6.45, 7) is -0.543. The van der Waals surface area contributed by atoms with E-state index in [-0.39, 0.29) is 33.5 Å². The van der Waals surface area contributed by atoms with Crippen molar-refractivity contribution >= 4 is 9.84 Å². The van der Waals surface area contributed by atoms with Crippen molar-refractivity contribution in [1.29, 1.82) is 0 Å². The molecule has 1 N–H and O–H groups in total. The number of aromatic hydroxyl groups is 1. The van der Waals surface area contributed by atoms with E-state index in [0.717, 1.165) is 30.6 Å². The fraction of sp³-hybridized carbons (Fsp3) is 0.333. The van der Waals surface area contributed by atoms with E-state index in [0.29, 0.717) is 0 Å². The highest BCUT2D eigenvalue weighted by Gasteiger charge is 2.58. The third-order valence-electron chi connectivity index (χ3n) is 3.37. The molecule has 148 valence electrons. The maximum Gasteiger partial charge on any atom is 0.456 e. The van der Waals surface area contributed by atoms with E-state index in [1.54, 1.807) is 0 Å². The molecule has 0 atom stereocenters. The van der Waals surface area contributed by atoms with Crippen LogP contribution in [0.2, 0.25) is 0 Å². The molecule has 2 heterocycles. The SMILES string of the molecule is CCS(=O)(=O)c1cc(O)cnc1-c1ccc(OCC(F)(F)C(F)(F)F)cn1. The molecule has 0 unspecified atom stereocenters. The fourth-order valence-electron chi connectivity index (χ4n) is 1.88. The Morgan fingerprint density at radius 2 is 1.78 bits per heavy atom. The van der Waals surface area contributed by atoms with Gasteiger partial charge in [0.15, 0.2) is 16.4 Å². The van der Waals surface area contributed by atoms with Crippen LogP contribution in [0.25, 0.3) is 11.4 Å². The monoisotopic (exact) mass is 412 g/mol. The molecular formula is C15H13F5N2O4S. The molecule has 2 rings (SSSR count). The third-order valence-corrected chi connectivity index (χ3v) is 5.11. The Balaban J connectivity index is 2.29. The molecule has 0 bridgehead atoms. The van der Waals surface area contributed by atoms with Crippen LogP contribution in [0.5, 0.6) is 11.5 Å². The average Bonchev–Trinajstić information content (AvgIpc) is 2.59. The van der Waals surface area contributed by atoms with Gasteiger partial charge in [0.2, 0.25) is 0 Å². The summed E-state index contributed by atoms with van der Waals surface area (Å²) in [7, 11) is -3.77. The van der Waals surface area contributed by atoms with Gasteiger partial charge in [-0.2, -0.15) is 22.0 Å². The summed E-state index contributed by atoms with van der Waals surface area (Å²) >= 11 is 0. The number of halogens is 5. The molecule has 0 aromatic carbocycles. The Morgan fingerprint density at radius 3 is 2.30 bits per heavy atom. The summed E-state index contributed by atoms with van der Waals surface area (Å²) in [5.41, 5.74) is -0.112. The van der Waals surface area contributed by atoms with Crippen LogP contribution in [-0.4, -0.2) is 48.0 Å². The lowest BCUT2D eigenvalue weighted by Crippen LogP contribution is -2.41. The van der Waals surface area contributed by atoms with Gasteiger partial charge in [0.05, 0.1) is 28.7 Å². The van der Waals surface area contributed by atoms with E-state index in [2.05, 4.69) is 14.7 Å². The number of ether oxygens (including phenoxy) is 1. The van der Waals surface area contributed by atoms with Crippen LogP contribution in [0.1, 0.15) is 6.92 Å². The van der Waals surface area contributed by atoms with Crippen LogP contribution in [0.15, 0.2) is 35.5 Å². The summed E-state index contributed by atoms with van der Waals surface area (Å²) in [4.78, 5) is 7.30. The minimum Gasteiger partial charge on any atom is -0.506 e. The summed E-state index contributed by atoms with van der Waals surface area (Å²) in [6, 6.07) is 3.18. The quantitative estimate of drug-likeness (QED) is 0.733. The van der Waals surface area contributed by atoms with Gasteiger partial charge in [-0.15, -0.1) is 0 Å². The minimum absolute atomic E-state index is 0.00282. The number of hydrogen-bond donors (Lipinski definition) is 1. The first-order valence-corrected chi connectivity index (χ1v) is 8.98. The van der Waals surface area contributed by atoms with Crippen LogP contribution < -0.4 is 4.74 Å². The molecule has 0 radical (unpaired) electrons. The van der Waals surface area contributed by atoms with Crippen molar-refractivity contribution in [2.45, 2.75) is 23.9 Å². The van der Waals surface area contributed by atoms with Gasteiger partial charge >= 0.3 is 12.1 Å². The number of aromatic nitrogens is 2. The molecular weight excluding hydrogens is 399 g/mol. The summed E-state index contributed by atoms with van der Waals surface area (Å²) in [5, 5.41) is 9.47. The predicted molar refractivity (Wildman–Crippen MR) is 83.4 cm³/mol. The normalized spacial score (nSPS) is 12.8. The Labute approximate surface area is 150 Å². The zero-order valence-corrected chi connectivity index (χ0v) is 14.5. The number of nitrogens with zero attached hydrogens (tertiary/aromatic N) is 2. The van der Waals surface area contributed by atoms with Crippen molar-refractivity contribution in [2.24, 2.45) is 0 Å². The Bertz CT molecular complexity index is 915. The summed E-state index contributed by atoms with van der Waals surface area (Å²) in [6.07, 6.45) is -3.90. The number of alkyl halides is 5. The second kappa shape index (κ2) is 7.25. The smallest absolute Gasteiger partial charge is 0.456 e. The molecule has 0 fully saturated rings. The van der Waals surface area contributed by atoms with Crippen molar-refractivity contribution in [2.75, 3.05) is 12.4 Å². The average molecular weight is 412 g/mol. The third kappa shape index (κ3) is 4.62. The molecule has 2 aromatic heterocycles. The van der Waals surface area contributed by atoms with Crippen LogP contribution in [0.4, 0.5) is 22.0 Å². The zero-order chi connectivity index (χ0) is 20.5. The van der Waals surface area contributed by atoms with Gasteiger partial charge in [-0.05, 0) is 12.1 Å². The standard InChI is InChI=1S/C15H13F5N2O4S/c1-2-27(24,25)12-5-9(23)6-22-13(12)11-4-3-10(7-21-11)26-8-14(16,17)15(18,19)20/h3-7,23H,2,8H2,1H3. The number of pyridine rings is 2. The Morgan fingerprint density at radius 1 is 1.11 bits per heavy atom. The highest BCUT2D eigenvalue weighted by atomic mass is 32.2. The lowest BCUT2D eigenvalue weighted by atomic mass is 10.2. The second-order valence-electron chi connectivity index (χ2n) is 5.31. The van der Waals surface area contributed by atoms with Crippen LogP contribution in [0.3, 0.4) is 0 Å². The van der Waals surface area contributed by atoms with Gasteiger partial charge in [-0.3, -0.25) is 4.98 Å². The summed E-state index contributed by atoms with van der Waals surface area (Å²) < 4.78 is 90.7. The van der Waals surface area contributed by atoms with Crippen LogP contribution in [0, 0.1) is 0 Å². The van der Waals surface area contributed by atoms with E-state index in [1.807, 2.05) is 0 Å². The van der Waals surface area contributed by atoms with Crippen molar-refractivity contribution in [3.8, 4) is 22.9 Å². The molecule has 12 heteroatoms. The predicted octanol–water partition coefficient (Wildman–Crippen LogP) is 3.22. The van der Waals surface area contributed by atoms with Crippen molar-refractivity contribution in [1.82, 2.24) is 9.97 Å². The van der Waals surface area contributed by atoms with Gasteiger partial charge in [-0.1, -0.05) is 6.92 Å². The van der Waals surface area contributed by atoms with Crippen molar-refractivity contribution in [3.05, 3.63) is 30.6 Å². The first-order chi connectivity index (χ1) is 12.4. The number of sulfone groups is 1. The fourth-order valence-corrected chi connectivity index (χ4v) is 2.94. The molecule has 0 aliphatic rings. The first-order valence-electron chi connectivity index (χ1n) is 7.33. The van der Waals surface area contributed by atoms with Crippen LogP contribution in [-0.2, 0) is 9.84 Å². The molecule has 0 aliphatic heterocycles. The second-order valence-corrected chi connectivity index (χ2v) is 7.56. The topological polar surface area (TPSA) is 89.4 Å². The molecule has 6 nitrogen and oxygen atoms in total. The van der Waals surface area contributed by atoms with Gasteiger partial charge < -0.3 is 9.84 Å². The van der Waals surface area contributed by atoms with E-state index >= 15 is 0 Å². The zero-order valence-electron chi connectivity index (χ0n) is 13.7. The van der Waals surface area contributed by atoms with E-state index < -0.39 is 28.5 Å². The highest BCUT2D eigenvalue weighted by molar-refractivity contribution is 7.91. The first kappa shape index (κ1) is 20.8. The molecule has 0 saturated heterocycles. The van der Waals surface area contributed by atoms with E-state index in [4.69, 9.17) is 0 Å². The van der Waals surface area contributed by atoms with Gasteiger partial charge in [0.1, 0.15) is 17.2 Å². The lowest BCUT2D eigenvalue weighted by Gasteiger charge is -2.19. The Hall–Kier alpha value is -2.50. The van der Waals surface area contributed by atoms with Gasteiger partial charge in [0, 0.05) is 6.07 Å². The van der Waals surface area contributed by atoms with Crippen molar-refractivity contribution < 1.29 is 40.2 Å². The lowest BCUT2D eigenvalue weighted by molar-refractivity contribution is -0.290. The van der Waals surface area contributed by atoms with Gasteiger partial charge in [0.25, 0.3) is 0 Å². The number of rotatable bonds is 6. The number of hydrogen-bond acceptors (Lipinski definition) is 6. The molecule has 0 spiro atoms.